The first kappa shape index (κ1) is 34.4. The fourth-order valence-electron chi connectivity index (χ4n) is 7.02. The van der Waals surface area contributed by atoms with Crippen LogP contribution in [-0.4, -0.2) is 52.6 Å². The molecule has 50 heavy (non-hydrogen) atoms. The van der Waals surface area contributed by atoms with Gasteiger partial charge in [-0.2, -0.15) is 0 Å². The number of hydrogen-bond donors (Lipinski definition) is 4. The number of nitrogens with one attached hydrogen (secondary N) is 1. The summed E-state index contributed by atoms with van der Waals surface area (Å²) in [5, 5.41) is 35.2. The quantitative estimate of drug-likeness (QED) is 0.0815. The number of H-pyrrole nitrogens is 1. The third kappa shape index (κ3) is 8.04. The first-order chi connectivity index (χ1) is 24.3. The average molecular weight is 672 g/mol. The van der Waals surface area contributed by atoms with Crippen molar-refractivity contribution in [1.29, 1.82) is 0 Å². The van der Waals surface area contributed by atoms with E-state index in [1.165, 1.54) is 7.11 Å². The summed E-state index contributed by atoms with van der Waals surface area (Å²) in [7, 11) is 3.05. The number of nitrogens with zero attached hydrogens (tertiary/aromatic N) is 1. The molecule has 8 nitrogen and oxygen atoms in total. The zero-order chi connectivity index (χ0) is 35.0. The lowest BCUT2D eigenvalue weighted by molar-refractivity contribution is -0.125. The number of rotatable bonds is 16. The van der Waals surface area contributed by atoms with Crippen LogP contribution in [0.25, 0.3) is 10.8 Å². The molecule has 0 saturated heterocycles. The second-order valence-electron chi connectivity index (χ2n) is 13.0. The minimum absolute atomic E-state index is 0.0308. The van der Waals surface area contributed by atoms with Gasteiger partial charge in [-0.05, 0) is 82.5 Å². The zero-order valence-corrected chi connectivity index (χ0v) is 28.4. The third-order valence-corrected chi connectivity index (χ3v) is 9.66. The van der Waals surface area contributed by atoms with Gasteiger partial charge in [-0.15, -0.1) is 4.99 Å². The topological polar surface area (TPSA) is 124 Å². The highest BCUT2D eigenvalue weighted by Crippen LogP contribution is 2.38. The van der Waals surface area contributed by atoms with Crippen LogP contribution in [0.5, 0.6) is 23.0 Å². The van der Waals surface area contributed by atoms with Crippen molar-refractivity contribution in [3.8, 4) is 23.0 Å². The molecule has 5 aromatic rings. The summed E-state index contributed by atoms with van der Waals surface area (Å²) in [5.41, 5.74) is 5.71. The van der Waals surface area contributed by atoms with Gasteiger partial charge in [-0.25, -0.2) is 0 Å². The zero-order valence-electron chi connectivity index (χ0n) is 28.4. The second-order valence-corrected chi connectivity index (χ2v) is 13.0. The van der Waals surface area contributed by atoms with Crippen LogP contribution in [0.2, 0.25) is 0 Å². The summed E-state index contributed by atoms with van der Waals surface area (Å²) in [6.45, 7) is 1.71. The van der Waals surface area contributed by atoms with Crippen LogP contribution in [0.15, 0.2) is 108 Å². The first-order valence-electron chi connectivity index (χ1n) is 16.9. The van der Waals surface area contributed by atoms with E-state index in [-0.39, 0.29) is 29.6 Å². The summed E-state index contributed by atoms with van der Waals surface area (Å²) >= 11 is 0. The lowest BCUT2D eigenvalue weighted by Gasteiger charge is -2.26. The molecule has 0 fully saturated rings. The van der Waals surface area contributed by atoms with Gasteiger partial charge in [0.05, 0.1) is 26.4 Å². The van der Waals surface area contributed by atoms with Crippen LogP contribution in [0.1, 0.15) is 40.7 Å². The number of carbonyl (C=O) groups is 1. The summed E-state index contributed by atoms with van der Waals surface area (Å²) in [6, 6.07) is 25.1. The molecular weight excluding hydrogens is 628 g/mol. The number of phenols is 2. The Labute approximate surface area is 292 Å². The number of aliphatic hydroxyl groups is 1. The highest BCUT2D eigenvalue weighted by atomic mass is 16.5. The maximum absolute atomic E-state index is 14.1. The van der Waals surface area contributed by atoms with E-state index in [2.05, 4.69) is 34.2 Å². The largest absolute Gasteiger partial charge is 0.504 e. The normalized spacial score (nSPS) is 14.2. The number of aromatic nitrogens is 1. The van der Waals surface area contributed by atoms with Crippen molar-refractivity contribution < 1.29 is 29.6 Å². The molecule has 0 amide bonds. The summed E-state index contributed by atoms with van der Waals surface area (Å²) in [4.78, 5) is 21.4. The molecule has 256 valence electrons. The second kappa shape index (κ2) is 15.8. The number of ether oxygens (including phenoxy) is 2. The molecule has 0 aliphatic carbocycles. The number of fused-ring (bicyclic) bond motifs is 1. The van der Waals surface area contributed by atoms with Gasteiger partial charge >= 0.3 is 0 Å². The molecule has 0 saturated carbocycles. The molecule has 0 bridgehead atoms. The Morgan fingerprint density at radius 2 is 1.68 bits per heavy atom. The number of benzene rings is 4. The number of methoxy groups -OCH3 is 2. The molecule has 8 heteroatoms. The fraction of sp³-hybridized carbons (Fsp3) is 0.262. The first-order valence-corrected chi connectivity index (χ1v) is 16.9. The number of hydrogen-bond acceptors (Lipinski definition) is 7. The Bertz CT molecular complexity index is 1990. The van der Waals surface area contributed by atoms with Gasteiger partial charge in [-0.3, -0.25) is 4.79 Å². The molecule has 6 rings (SSSR count). The maximum Gasteiger partial charge on any atom is 0.176 e. The van der Waals surface area contributed by atoms with Crippen LogP contribution in [0.4, 0.5) is 0 Å². The van der Waals surface area contributed by atoms with E-state index in [9.17, 15) is 20.1 Å². The monoisotopic (exact) mass is 671 g/mol. The predicted octanol–water partition coefficient (Wildman–Crippen LogP) is 7.33. The Morgan fingerprint density at radius 1 is 0.860 bits per heavy atom. The standard InChI is InChI=1S/C42H42N2O6/c1-49-41-21-27(10-12-37(41)45)18-33(19-28-14-16-43-25-28)39(47)24-40(48)34(20-29-15-17-44-26-29)22-32-11-13-38(46)42(50-2)36(32)23-31-8-5-7-30-6-3-4-9-35(30)31/h3-17,21,25-26,33-34,40,44,48H,18-20,22-24H2,1-2H3,(H-,45,46)/p+1/t33-,34+,40+/m0/s1. The molecule has 0 spiro atoms. The van der Waals surface area contributed by atoms with E-state index in [0.717, 1.165) is 44.2 Å². The number of Topliss-reactive ketones (excluding diaryl/α,β-unsaturated/α-hetero) is 1. The van der Waals surface area contributed by atoms with E-state index in [1.54, 1.807) is 44.1 Å². The number of ketones is 1. The number of aromatic amines is 1. The summed E-state index contributed by atoms with van der Waals surface area (Å²) in [6.07, 6.45) is 8.87. The molecule has 1 aliphatic rings. The van der Waals surface area contributed by atoms with Crippen LogP contribution in [0.3, 0.4) is 0 Å². The van der Waals surface area contributed by atoms with Gasteiger partial charge in [0, 0.05) is 43.1 Å². The Balaban J connectivity index is 1.29. The van der Waals surface area contributed by atoms with Crippen molar-refractivity contribution >= 4 is 22.8 Å². The van der Waals surface area contributed by atoms with Crippen LogP contribution in [0, 0.1) is 18.4 Å². The van der Waals surface area contributed by atoms with Crippen molar-refractivity contribution in [3.05, 3.63) is 137 Å². The predicted molar refractivity (Wildman–Crippen MR) is 196 cm³/mol. The van der Waals surface area contributed by atoms with Crippen molar-refractivity contribution in [2.45, 2.75) is 44.6 Å². The third-order valence-electron chi connectivity index (χ3n) is 9.66. The highest BCUT2D eigenvalue weighted by molar-refractivity contribution is 5.87. The van der Waals surface area contributed by atoms with Crippen molar-refractivity contribution in [2.24, 2.45) is 16.8 Å². The summed E-state index contributed by atoms with van der Waals surface area (Å²) in [5.74, 6) is 0.0576. The number of aliphatic hydroxyl groups excluding tert-OH is 1. The Morgan fingerprint density at radius 3 is 2.44 bits per heavy atom. The van der Waals surface area contributed by atoms with Gasteiger partial charge in [0.25, 0.3) is 0 Å². The molecule has 3 atom stereocenters. The average Bonchev–Trinajstić information content (AvgIpc) is 3.84. The number of aromatic hydroxyl groups is 2. The van der Waals surface area contributed by atoms with E-state index >= 15 is 0 Å². The number of aliphatic imine (C=N–C) groups is 1. The Kier molecular flexibility index (Phi) is 10.9. The van der Waals surface area contributed by atoms with Crippen LogP contribution < -0.4 is 9.47 Å². The molecule has 0 radical (unpaired) electrons. The van der Waals surface area contributed by atoms with Gasteiger partial charge in [0.1, 0.15) is 17.9 Å². The van der Waals surface area contributed by atoms with E-state index in [1.807, 2.05) is 48.8 Å². The number of carbonyl (C=O) groups excluding carboxylic acids is 1. The molecule has 2 heterocycles. The minimum atomic E-state index is -0.947. The fourth-order valence-corrected chi connectivity index (χ4v) is 7.02. The lowest BCUT2D eigenvalue weighted by atomic mass is 9.81. The Hall–Kier alpha value is -5.47. The van der Waals surface area contributed by atoms with E-state index in [0.29, 0.717) is 43.6 Å². The molecule has 4 N–H and O–H groups in total. The van der Waals surface area contributed by atoms with Crippen LogP contribution >= 0.6 is 0 Å². The van der Waals surface area contributed by atoms with E-state index in [4.69, 9.17) is 9.47 Å². The molecule has 1 aliphatic heterocycles. The molecule has 0 unspecified atom stereocenters. The van der Waals surface area contributed by atoms with Gasteiger partial charge in [0.15, 0.2) is 29.2 Å². The lowest BCUT2D eigenvalue weighted by Crippen LogP contribution is -2.31. The molecule has 1 aromatic heterocycles. The van der Waals surface area contributed by atoms with Gasteiger partial charge in [-0.1, -0.05) is 54.6 Å². The molecular formula is C42H43N2O6+. The highest BCUT2D eigenvalue weighted by Gasteiger charge is 2.31. The SMILES string of the molecule is COc1cc(C[C@@H](CC2=C[CH+]N=C2)C(=O)C[C@@H](O)[C@H](Cc2cc[nH]c2)Cc2ccc(O)c(OC)c2Cc2cccc3ccccc23)ccc1O. The number of allylic oxidation sites excluding steroid dienone is 1. The number of phenolic OH excluding ortho intramolecular Hbond substituents is 2. The van der Waals surface area contributed by atoms with Gasteiger partial charge in [0.2, 0.25) is 0 Å². The smallest absolute Gasteiger partial charge is 0.176 e. The van der Waals surface area contributed by atoms with E-state index < -0.39 is 12.0 Å². The minimum Gasteiger partial charge on any atom is -0.504 e. The molecule has 4 aromatic carbocycles. The summed E-state index contributed by atoms with van der Waals surface area (Å²) < 4.78 is 11.1. The maximum atomic E-state index is 14.1. The van der Waals surface area contributed by atoms with Crippen molar-refractivity contribution in [3.63, 3.8) is 0 Å². The van der Waals surface area contributed by atoms with Crippen molar-refractivity contribution in [1.82, 2.24) is 4.98 Å². The van der Waals surface area contributed by atoms with Crippen LogP contribution in [-0.2, 0) is 30.5 Å². The van der Waals surface area contributed by atoms with Gasteiger partial charge < -0.3 is 29.8 Å². The van der Waals surface area contributed by atoms with Crippen molar-refractivity contribution in [2.75, 3.05) is 14.2 Å².